The highest BCUT2D eigenvalue weighted by atomic mass is 32.1. The molecule has 74 valence electrons. The third-order valence-corrected chi connectivity index (χ3v) is 3.43. The second-order valence-electron chi connectivity index (χ2n) is 3.75. The van der Waals surface area contributed by atoms with E-state index in [4.69, 9.17) is 0 Å². The van der Waals surface area contributed by atoms with E-state index in [0.717, 1.165) is 0 Å². The number of aryl methyl sites for hydroxylation is 2. The normalized spacial score (nSPS) is 10.6. The smallest absolute Gasteiger partial charge is 0.00479 e. The Morgan fingerprint density at radius 2 is 1.92 bits per heavy atom. The lowest BCUT2D eigenvalue weighted by Crippen LogP contribution is -1.81. The molecule has 0 aromatic carbocycles. The molecule has 0 fully saturated rings. The third-order valence-electron chi connectivity index (χ3n) is 2.31. The van der Waals surface area contributed by atoms with Gasteiger partial charge in [-0.05, 0) is 36.8 Å². The Balaban J connectivity index is 2.06. The third kappa shape index (κ3) is 4.47. The maximum absolute atomic E-state index is 2.32. The standard InChI is InChI=1S/C12H20S/c1-3-4-5-6-7-8-12-9-11(2)10-13-12/h9-10H,3-8H2,1-2H3. The summed E-state index contributed by atoms with van der Waals surface area (Å²) in [5.41, 5.74) is 1.42. The zero-order valence-corrected chi connectivity index (χ0v) is 9.62. The molecule has 1 heterocycles. The van der Waals surface area contributed by atoms with Gasteiger partial charge in [-0.15, -0.1) is 11.3 Å². The van der Waals surface area contributed by atoms with Gasteiger partial charge in [0.15, 0.2) is 0 Å². The fourth-order valence-electron chi connectivity index (χ4n) is 1.52. The summed E-state index contributed by atoms with van der Waals surface area (Å²) in [4.78, 5) is 1.56. The van der Waals surface area contributed by atoms with Gasteiger partial charge < -0.3 is 0 Å². The van der Waals surface area contributed by atoms with Crippen LogP contribution < -0.4 is 0 Å². The van der Waals surface area contributed by atoms with Crippen LogP contribution in [0.5, 0.6) is 0 Å². The molecule has 0 aliphatic carbocycles. The monoisotopic (exact) mass is 196 g/mol. The van der Waals surface area contributed by atoms with Crippen molar-refractivity contribution in [1.29, 1.82) is 0 Å². The van der Waals surface area contributed by atoms with E-state index >= 15 is 0 Å². The van der Waals surface area contributed by atoms with Crippen molar-refractivity contribution in [3.63, 3.8) is 0 Å². The van der Waals surface area contributed by atoms with Gasteiger partial charge in [0.1, 0.15) is 0 Å². The highest BCUT2D eigenvalue weighted by Gasteiger charge is 1.96. The van der Waals surface area contributed by atoms with Gasteiger partial charge >= 0.3 is 0 Å². The van der Waals surface area contributed by atoms with Crippen molar-refractivity contribution in [3.05, 3.63) is 21.9 Å². The first kappa shape index (κ1) is 10.8. The van der Waals surface area contributed by atoms with Crippen LogP contribution in [0.25, 0.3) is 0 Å². The number of unbranched alkanes of at least 4 members (excludes halogenated alkanes) is 4. The van der Waals surface area contributed by atoms with Gasteiger partial charge in [0.25, 0.3) is 0 Å². The highest BCUT2D eigenvalue weighted by molar-refractivity contribution is 7.10. The van der Waals surface area contributed by atoms with Gasteiger partial charge in [0, 0.05) is 4.88 Å². The number of hydrogen-bond acceptors (Lipinski definition) is 1. The van der Waals surface area contributed by atoms with Crippen molar-refractivity contribution in [2.24, 2.45) is 0 Å². The van der Waals surface area contributed by atoms with Crippen LogP contribution >= 0.6 is 11.3 Å². The summed E-state index contributed by atoms with van der Waals surface area (Å²) in [6.45, 7) is 4.44. The molecule has 0 unspecified atom stereocenters. The van der Waals surface area contributed by atoms with Gasteiger partial charge in [-0.3, -0.25) is 0 Å². The van der Waals surface area contributed by atoms with Gasteiger partial charge in [-0.1, -0.05) is 32.6 Å². The SMILES string of the molecule is CCCCCCCc1cc(C)cs1. The van der Waals surface area contributed by atoms with Crippen molar-refractivity contribution in [2.75, 3.05) is 0 Å². The van der Waals surface area contributed by atoms with Crippen molar-refractivity contribution in [3.8, 4) is 0 Å². The molecule has 0 N–H and O–H groups in total. The van der Waals surface area contributed by atoms with E-state index in [9.17, 15) is 0 Å². The molecule has 1 rings (SSSR count). The van der Waals surface area contributed by atoms with Gasteiger partial charge in [-0.25, -0.2) is 0 Å². The molecular formula is C12H20S. The van der Waals surface area contributed by atoms with E-state index in [2.05, 4.69) is 25.3 Å². The quantitative estimate of drug-likeness (QED) is 0.585. The summed E-state index contributed by atoms with van der Waals surface area (Å²) in [6.07, 6.45) is 8.25. The summed E-state index contributed by atoms with van der Waals surface area (Å²) in [5.74, 6) is 0. The minimum atomic E-state index is 1.29. The lowest BCUT2D eigenvalue weighted by atomic mass is 10.1. The van der Waals surface area contributed by atoms with Gasteiger partial charge in [-0.2, -0.15) is 0 Å². The summed E-state index contributed by atoms with van der Waals surface area (Å²) < 4.78 is 0. The minimum absolute atomic E-state index is 1.29. The Morgan fingerprint density at radius 3 is 2.54 bits per heavy atom. The second-order valence-corrected chi connectivity index (χ2v) is 4.75. The predicted octanol–water partition coefficient (Wildman–Crippen LogP) is 4.57. The first-order chi connectivity index (χ1) is 6.33. The number of rotatable bonds is 6. The Labute approximate surface area is 86.0 Å². The summed E-state index contributed by atoms with van der Waals surface area (Å²) in [6, 6.07) is 2.32. The lowest BCUT2D eigenvalue weighted by molar-refractivity contribution is 0.634. The molecule has 1 heteroatoms. The average Bonchev–Trinajstić information content (AvgIpc) is 2.51. The molecule has 0 radical (unpaired) electrons. The van der Waals surface area contributed by atoms with E-state index in [1.54, 1.807) is 4.88 Å². The van der Waals surface area contributed by atoms with E-state index in [0.29, 0.717) is 0 Å². The van der Waals surface area contributed by atoms with Crippen LogP contribution in [0.4, 0.5) is 0 Å². The second kappa shape index (κ2) is 6.20. The Hall–Kier alpha value is -0.300. The molecule has 1 aromatic rings. The topological polar surface area (TPSA) is 0 Å². The molecule has 0 aliphatic rings. The maximum atomic E-state index is 2.32. The van der Waals surface area contributed by atoms with Crippen LogP contribution in [-0.2, 0) is 6.42 Å². The molecule has 13 heavy (non-hydrogen) atoms. The lowest BCUT2D eigenvalue weighted by Gasteiger charge is -1.97. The minimum Gasteiger partial charge on any atom is -0.149 e. The molecular weight excluding hydrogens is 176 g/mol. The Morgan fingerprint density at radius 1 is 1.15 bits per heavy atom. The largest absolute Gasteiger partial charge is 0.149 e. The van der Waals surface area contributed by atoms with Crippen molar-refractivity contribution in [1.82, 2.24) is 0 Å². The van der Waals surface area contributed by atoms with Gasteiger partial charge in [0.2, 0.25) is 0 Å². The van der Waals surface area contributed by atoms with Crippen LogP contribution in [0.1, 0.15) is 49.5 Å². The van der Waals surface area contributed by atoms with Crippen LogP contribution in [-0.4, -0.2) is 0 Å². The molecule has 0 saturated heterocycles. The number of hydrogen-bond donors (Lipinski definition) is 0. The Bertz CT molecular complexity index is 225. The predicted molar refractivity (Wildman–Crippen MR) is 61.5 cm³/mol. The van der Waals surface area contributed by atoms with Crippen LogP contribution in [0.2, 0.25) is 0 Å². The van der Waals surface area contributed by atoms with E-state index in [-0.39, 0.29) is 0 Å². The summed E-state index contributed by atoms with van der Waals surface area (Å²) in [5, 5.41) is 2.25. The van der Waals surface area contributed by atoms with Gasteiger partial charge in [0.05, 0.1) is 0 Å². The van der Waals surface area contributed by atoms with Crippen LogP contribution in [0.15, 0.2) is 11.4 Å². The van der Waals surface area contributed by atoms with E-state index < -0.39 is 0 Å². The van der Waals surface area contributed by atoms with Crippen LogP contribution in [0, 0.1) is 6.92 Å². The van der Waals surface area contributed by atoms with Crippen molar-refractivity contribution >= 4 is 11.3 Å². The molecule has 0 nitrogen and oxygen atoms in total. The summed E-state index contributed by atoms with van der Waals surface area (Å²) >= 11 is 1.91. The molecule has 0 aliphatic heterocycles. The molecule has 0 saturated carbocycles. The van der Waals surface area contributed by atoms with Crippen LogP contribution in [0.3, 0.4) is 0 Å². The fraction of sp³-hybridized carbons (Fsp3) is 0.667. The van der Waals surface area contributed by atoms with E-state index in [1.807, 2.05) is 11.3 Å². The average molecular weight is 196 g/mol. The first-order valence-electron chi connectivity index (χ1n) is 5.37. The van der Waals surface area contributed by atoms with Crippen molar-refractivity contribution < 1.29 is 0 Å². The van der Waals surface area contributed by atoms with Crippen molar-refractivity contribution in [2.45, 2.75) is 52.4 Å². The van der Waals surface area contributed by atoms with E-state index in [1.165, 1.54) is 44.1 Å². The first-order valence-corrected chi connectivity index (χ1v) is 6.25. The molecule has 0 amide bonds. The Kier molecular flexibility index (Phi) is 5.14. The molecule has 0 bridgehead atoms. The molecule has 1 aromatic heterocycles. The molecule has 0 spiro atoms. The zero-order valence-electron chi connectivity index (χ0n) is 8.81. The highest BCUT2D eigenvalue weighted by Crippen LogP contribution is 2.16. The molecule has 0 atom stereocenters. The zero-order chi connectivity index (χ0) is 9.52. The summed E-state index contributed by atoms with van der Waals surface area (Å²) in [7, 11) is 0. The maximum Gasteiger partial charge on any atom is 0.00479 e. The number of thiophene rings is 1. The fourth-order valence-corrected chi connectivity index (χ4v) is 2.45.